The first kappa shape index (κ1) is 14.3. The van der Waals surface area contributed by atoms with Crippen LogP contribution < -0.4 is 0 Å². The topological polar surface area (TPSA) is 78.9 Å². The van der Waals surface area contributed by atoms with E-state index in [0.29, 0.717) is 16.8 Å². The number of carboxylic acids is 1. The Labute approximate surface area is 124 Å². The molecule has 5 nitrogen and oxygen atoms in total. The second kappa shape index (κ2) is 5.47. The van der Waals surface area contributed by atoms with Gasteiger partial charge in [0.1, 0.15) is 0 Å². The van der Waals surface area contributed by atoms with Gasteiger partial charge in [0.2, 0.25) is 0 Å². The largest absolute Gasteiger partial charge is 0.481 e. The molecule has 6 heteroatoms. The quantitative estimate of drug-likeness (QED) is 0.936. The fourth-order valence-corrected chi connectivity index (χ4v) is 2.61. The maximum atomic E-state index is 10.9. The summed E-state index contributed by atoms with van der Waals surface area (Å²) in [6.45, 7) is 3.63. The van der Waals surface area contributed by atoms with E-state index in [4.69, 9.17) is 10.4 Å². The van der Waals surface area contributed by atoms with Crippen molar-refractivity contribution < 1.29 is 9.90 Å². The van der Waals surface area contributed by atoms with Gasteiger partial charge in [0.15, 0.2) is 0 Å². The predicted octanol–water partition coefficient (Wildman–Crippen LogP) is 2.75. The van der Waals surface area contributed by atoms with Gasteiger partial charge < -0.3 is 5.11 Å². The van der Waals surface area contributed by atoms with Gasteiger partial charge in [-0.1, -0.05) is 0 Å². The highest BCUT2D eigenvalue weighted by Gasteiger charge is 2.16. The summed E-state index contributed by atoms with van der Waals surface area (Å²) in [5.41, 5.74) is 3.53. The van der Waals surface area contributed by atoms with Gasteiger partial charge in [0.05, 0.1) is 29.4 Å². The number of halogens is 1. The number of hydrogen-bond acceptors (Lipinski definition) is 3. The normalized spacial score (nSPS) is 10.3. The van der Waals surface area contributed by atoms with Crippen molar-refractivity contribution in [1.82, 2.24) is 9.78 Å². The monoisotopic (exact) mass is 333 g/mol. The molecule has 1 N–H and O–H groups in total. The van der Waals surface area contributed by atoms with Gasteiger partial charge in [-0.3, -0.25) is 4.79 Å². The third kappa shape index (κ3) is 2.58. The highest BCUT2D eigenvalue weighted by Crippen LogP contribution is 2.25. The molecular weight excluding hydrogens is 322 g/mol. The summed E-state index contributed by atoms with van der Waals surface area (Å²) in [4.78, 5) is 10.9. The molecule has 0 aliphatic carbocycles. The van der Waals surface area contributed by atoms with Gasteiger partial charge in [0.25, 0.3) is 0 Å². The highest BCUT2D eigenvalue weighted by molar-refractivity contribution is 9.10. The SMILES string of the molecule is Cc1nn(-c2ccc(C#N)cc2Br)c(C)c1CC(=O)O. The number of aromatic nitrogens is 2. The Bertz CT molecular complexity index is 729. The number of aryl methyl sites for hydroxylation is 1. The Morgan fingerprint density at radius 1 is 1.50 bits per heavy atom. The molecule has 2 aromatic rings. The molecular formula is C14H12BrN3O2. The first-order valence-electron chi connectivity index (χ1n) is 5.91. The van der Waals surface area contributed by atoms with Crippen LogP contribution >= 0.6 is 15.9 Å². The number of benzene rings is 1. The summed E-state index contributed by atoms with van der Waals surface area (Å²) in [5, 5.41) is 22.2. The summed E-state index contributed by atoms with van der Waals surface area (Å²) in [5.74, 6) is -0.880. The molecule has 0 radical (unpaired) electrons. The van der Waals surface area contributed by atoms with E-state index in [9.17, 15) is 4.79 Å². The molecule has 2 rings (SSSR count). The van der Waals surface area contributed by atoms with Gasteiger partial charge in [-0.25, -0.2) is 4.68 Å². The average molecular weight is 334 g/mol. The van der Waals surface area contributed by atoms with Crippen LogP contribution in [-0.4, -0.2) is 20.9 Å². The molecule has 0 saturated heterocycles. The minimum Gasteiger partial charge on any atom is -0.481 e. The number of nitrogens with zero attached hydrogens (tertiary/aromatic N) is 3. The molecule has 0 aliphatic heterocycles. The van der Waals surface area contributed by atoms with Crippen molar-refractivity contribution in [3.8, 4) is 11.8 Å². The molecule has 0 unspecified atom stereocenters. The number of rotatable bonds is 3. The first-order chi connectivity index (χ1) is 9.43. The van der Waals surface area contributed by atoms with Gasteiger partial charge in [-0.05, 0) is 48.0 Å². The van der Waals surface area contributed by atoms with Crippen LogP contribution in [0.3, 0.4) is 0 Å². The molecule has 0 amide bonds. The lowest BCUT2D eigenvalue weighted by Gasteiger charge is -2.07. The van der Waals surface area contributed by atoms with Gasteiger partial charge in [-0.15, -0.1) is 0 Å². The second-order valence-corrected chi connectivity index (χ2v) is 5.26. The summed E-state index contributed by atoms with van der Waals surface area (Å²) in [7, 11) is 0. The van der Waals surface area contributed by atoms with Crippen LogP contribution in [0.2, 0.25) is 0 Å². The Morgan fingerprint density at radius 2 is 2.20 bits per heavy atom. The molecule has 1 aromatic carbocycles. The molecule has 1 heterocycles. The smallest absolute Gasteiger partial charge is 0.307 e. The molecule has 0 atom stereocenters. The highest BCUT2D eigenvalue weighted by atomic mass is 79.9. The van der Waals surface area contributed by atoms with Crippen molar-refractivity contribution in [3.63, 3.8) is 0 Å². The minimum absolute atomic E-state index is 0.0500. The van der Waals surface area contributed by atoms with E-state index >= 15 is 0 Å². The van der Waals surface area contributed by atoms with Gasteiger partial charge in [-0.2, -0.15) is 10.4 Å². The van der Waals surface area contributed by atoms with E-state index in [1.807, 2.05) is 6.92 Å². The maximum Gasteiger partial charge on any atom is 0.307 e. The summed E-state index contributed by atoms with van der Waals surface area (Å²) in [6, 6.07) is 7.26. The van der Waals surface area contributed by atoms with Crippen LogP contribution in [0, 0.1) is 25.2 Å². The summed E-state index contributed by atoms with van der Waals surface area (Å²) < 4.78 is 2.43. The van der Waals surface area contributed by atoms with Gasteiger partial charge in [0, 0.05) is 15.7 Å². The Kier molecular flexibility index (Phi) is 3.91. The molecule has 0 aliphatic rings. The Balaban J connectivity index is 2.54. The fourth-order valence-electron chi connectivity index (χ4n) is 2.06. The van der Waals surface area contributed by atoms with Crippen LogP contribution in [0.1, 0.15) is 22.5 Å². The summed E-state index contributed by atoms with van der Waals surface area (Å²) in [6.07, 6.45) is -0.0500. The molecule has 102 valence electrons. The van der Waals surface area contributed by atoms with Crippen molar-refractivity contribution in [2.24, 2.45) is 0 Å². The van der Waals surface area contributed by atoms with E-state index < -0.39 is 5.97 Å². The molecule has 0 spiro atoms. The minimum atomic E-state index is -0.880. The first-order valence-corrected chi connectivity index (χ1v) is 6.70. The standard InChI is InChI=1S/C14H12BrN3O2/c1-8-11(6-14(19)20)9(2)18(17-8)13-4-3-10(7-16)5-12(13)15/h3-5H,6H2,1-2H3,(H,19,20). The molecule has 20 heavy (non-hydrogen) atoms. The van der Waals surface area contributed by atoms with Gasteiger partial charge >= 0.3 is 5.97 Å². The lowest BCUT2D eigenvalue weighted by atomic mass is 10.1. The van der Waals surface area contributed by atoms with Crippen LogP contribution in [0.25, 0.3) is 5.69 Å². The van der Waals surface area contributed by atoms with E-state index in [-0.39, 0.29) is 6.42 Å². The van der Waals surface area contributed by atoms with Crippen molar-refractivity contribution >= 4 is 21.9 Å². The summed E-state index contributed by atoms with van der Waals surface area (Å²) >= 11 is 3.42. The Hall–Kier alpha value is -2.13. The number of carboxylic acid groups (broad SMARTS) is 1. The third-order valence-electron chi connectivity index (χ3n) is 3.07. The van der Waals surface area contributed by atoms with Crippen molar-refractivity contribution in [3.05, 3.63) is 45.2 Å². The lowest BCUT2D eigenvalue weighted by molar-refractivity contribution is -0.136. The van der Waals surface area contributed by atoms with Crippen molar-refractivity contribution in [2.45, 2.75) is 20.3 Å². The van der Waals surface area contributed by atoms with Crippen LogP contribution in [0.15, 0.2) is 22.7 Å². The second-order valence-electron chi connectivity index (χ2n) is 4.41. The molecule has 0 bridgehead atoms. The van der Waals surface area contributed by atoms with E-state index in [0.717, 1.165) is 15.9 Å². The number of hydrogen-bond donors (Lipinski definition) is 1. The fraction of sp³-hybridized carbons (Fsp3) is 0.214. The predicted molar refractivity (Wildman–Crippen MR) is 76.8 cm³/mol. The van der Waals surface area contributed by atoms with Crippen LogP contribution in [-0.2, 0) is 11.2 Å². The lowest BCUT2D eigenvalue weighted by Crippen LogP contribution is -2.04. The number of aliphatic carboxylic acids is 1. The Morgan fingerprint density at radius 3 is 2.75 bits per heavy atom. The average Bonchev–Trinajstić information content (AvgIpc) is 2.66. The van der Waals surface area contributed by atoms with Crippen molar-refractivity contribution in [2.75, 3.05) is 0 Å². The maximum absolute atomic E-state index is 10.9. The molecule has 0 fully saturated rings. The van der Waals surface area contributed by atoms with Crippen molar-refractivity contribution in [1.29, 1.82) is 5.26 Å². The van der Waals surface area contributed by atoms with E-state index in [2.05, 4.69) is 27.1 Å². The van der Waals surface area contributed by atoms with Crippen LogP contribution in [0.4, 0.5) is 0 Å². The zero-order valence-corrected chi connectivity index (χ0v) is 12.6. The molecule has 1 aromatic heterocycles. The van der Waals surface area contributed by atoms with E-state index in [1.165, 1.54) is 0 Å². The molecule has 0 saturated carbocycles. The third-order valence-corrected chi connectivity index (χ3v) is 3.71. The van der Waals surface area contributed by atoms with Crippen LogP contribution in [0.5, 0.6) is 0 Å². The number of carbonyl (C=O) groups is 1. The zero-order chi connectivity index (χ0) is 14.9. The zero-order valence-electron chi connectivity index (χ0n) is 11.0. The number of nitriles is 1. The van der Waals surface area contributed by atoms with E-state index in [1.54, 1.807) is 29.8 Å².